The van der Waals surface area contributed by atoms with Gasteiger partial charge < -0.3 is 10.1 Å². The molecule has 1 amide bonds. The molecule has 3 rings (SSSR count). The van der Waals surface area contributed by atoms with E-state index in [1.54, 1.807) is 27.0 Å². The van der Waals surface area contributed by atoms with Gasteiger partial charge in [-0.25, -0.2) is 4.68 Å². The van der Waals surface area contributed by atoms with Gasteiger partial charge in [-0.3, -0.25) is 9.59 Å². The Morgan fingerprint density at radius 3 is 2.57 bits per heavy atom. The standard InChI is InChI=1S/C21H23N3O3S/c1-21(2,20(26)22-13-12-15-6-8-16(27-3)9-7-15)24-19(25)11-10-17(23-24)18-5-4-14-28-18/h4-11,14H,12-13H2,1-3H3,(H,22,26). The summed E-state index contributed by atoms with van der Waals surface area (Å²) >= 11 is 1.54. The Balaban J connectivity index is 1.70. The van der Waals surface area contributed by atoms with Crippen molar-refractivity contribution in [1.29, 1.82) is 0 Å². The maximum absolute atomic E-state index is 12.8. The van der Waals surface area contributed by atoms with Gasteiger partial charge in [0.2, 0.25) is 5.91 Å². The van der Waals surface area contributed by atoms with Gasteiger partial charge in [0, 0.05) is 12.6 Å². The molecule has 2 heterocycles. The van der Waals surface area contributed by atoms with Crippen LogP contribution in [-0.4, -0.2) is 29.3 Å². The number of hydrogen-bond donors (Lipinski definition) is 1. The number of amides is 1. The first-order chi connectivity index (χ1) is 13.4. The first-order valence-corrected chi connectivity index (χ1v) is 9.86. The molecule has 2 aromatic heterocycles. The Bertz CT molecular complexity index is 992. The SMILES string of the molecule is COc1ccc(CCNC(=O)C(C)(C)n2nc(-c3cccs3)ccc2=O)cc1. The van der Waals surface area contributed by atoms with Crippen LogP contribution in [0.3, 0.4) is 0 Å². The molecular weight excluding hydrogens is 374 g/mol. The average molecular weight is 398 g/mol. The van der Waals surface area contributed by atoms with Gasteiger partial charge in [-0.15, -0.1) is 11.3 Å². The normalized spacial score (nSPS) is 11.2. The van der Waals surface area contributed by atoms with Crippen molar-refractivity contribution in [3.8, 4) is 16.3 Å². The fraction of sp³-hybridized carbons (Fsp3) is 0.286. The number of methoxy groups -OCH3 is 1. The van der Waals surface area contributed by atoms with Crippen molar-refractivity contribution in [2.75, 3.05) is 13.7 Å². The quantitative estimate of drug-likeness (QED) is 0.665. The summed E-state index contributed by atoms with van der Waals surface area (Å²) in [7, 11) is 1.63. The number of hydrogen-bond acceptors (Lipinski definition) is 5. The van der Waals surface area contributed by atoms with Crippen LogP contribution in [0, 0.1) is 0 Å². The number of carbonyl (C=O) groups excluding carboxylic acids is 1. The number of ether oxygens (including phenoxy) is 1. The first-order valence-electron chi connectivity index (χ1n) is 8.98. The molecule has 6 nitrogen and oxygen atoms in total. The second kappa shape index (κ2) is 8.39. The Kier molecular flexibility index (Phi) is 5.94. The van der Waals surface area contributed by atoms with Crippen molar-refractivity contribution in [2.24, 2.45) is 0 Å². The number of carbonyl (C=O) groups is 1. The molecule has 0 aliphatic rings. The molecule has 0 radical (unpaired) electrons. The van der Waals surface area contributed by atoms with Gasteiger partial charge in [0.05, 0.1) is 12.0 Å². The molecule has 0 aliphatic carbocycles. The molecule has 7 heteroatoms. The second-order valence-electron chi connectivity index (χ2n) is 6.86. The van der Waals surface area contributed by atoms with E-state index in [9.17, 15) is 9.59 Å². The van der Waals surface area contributed by atoms with Crippen LogP contribution in [0.15, 0.2) is 58.7 Å². The smallest absolute Gasteiger partial charge is 0.267 e. The van der Waals surface area contributed by atoms with Crippen molar-refractivity contribution >= 4 is 17.2 Å². The van der Waals surface area contributed by atoms with Crippen molar-refractivity contribution in [3.05, 3.63) is 69.8 Å². The molecule has 0 fully saturated rings. The predicted octanol–water partition coefficient (Wildman–Crippen LogP) is 3.07. The number of thiophene rings is 1. The van der Waals surface area contributed by atoms with Gasteiger partial charge in [-0.05, 0) is 55.5 Å². The molecule has 0 saturated heterocycles. The van der Waals surface area contributed by atoms with Crippen LogP contribution >= 0.6 is 11.3 Å². The highest BCUT2D eigenvalue weighted by Crippen LogP contribution is 2.22. The summed E-state index contributed by atoms with van der Waals surface area (Å²) in [6, 6.07) is 14.7. The second-order valence-corrected chi connectivity index (χ2v) is 7.81. The lowest BCUT2D eigenvalue weighted by molar-refractivity contribution is -0.128. The Morgan fingerprint density at radius 2 is 1.93 bits per heavy atom. The molecule has 0 aliphatic heterocycles. The minimum absolute atomic E-state index is 0.251. The third kappa shape index (κ3) is 4.31. The maximum Gasteiger partial charge on any atom is 0.267 e. The molecule has 0 saturated carbocycles. The highest BCUT2D eigenvalue weighted by atomic mass is 32.1. The third-order valence-electron chi connectivity index (χ3n) is 4.52. The Hall–Kier alpha value is -2.93. The number of aromatic nitrogens is 2. The van der Waals surface area contributed by atoms with Gasteiger partial charge in [0.15, 0.2) is 0 Å². The molecule has 28 heavy (non-hydrogen) atoms. The number of nitrogens with zero attached hydrogens (tertiary/aromatic N) is 2. The van der Waals surface area contributed by atoms with E-state index in [0.717, 1.165) is 16.2 Å². The monoisotopic (exact) mass is 397 g/mol. The van der Waals surface area contributed by atoms with E-state index < -0.39 is 5.54 Å². The summed E-state index contributed by atoms with van der Waals surface area (Å²) in [6.07, 6.45) is 0.684. The van der Waals surface area contributed by atoms with Crippen molar-refractivity contribution in [2.45, 2.75) is 25.8 Å². The molecule has 0 spiro atoms. The molecule has 0 bridgehead atoms. The number of rotatable bonds is 7. The minimum Gasteiger partial charge on any atom is -0.497 e. The molecule has 1 aromatic carbocycles. The predicted molar refractivity (Wildman–Crippen MR) is 111 cm³/mol. The topological polar surface area (TPSA) is 73.2 Å². The van der Waals surface area contributed by atoms with E-state index in [0.29, 0.717) is 18.7 Å². The Morgan fingerprint density at radius 1 is 1.18 bits per heavy atom. The molecule has 146 valence electrons. The zero-order valence-corrected chi connectivity index (χ0v) is 17.0. The van der Waals surface area contributed by atoms with E-state index >= 15 is 0 Å². The zero-order chi connectivity index (χ0) is 20.1. The first kappa shape index (κ1) is 19.8. The van der Waals surface area contributed by atoms with Crippen LogP contribution in [0.25, 0.3) is 10.6 Å². The van der Waals surface area contributed by atoms with Crippen LogP contribution < -0.4 is 15.6 Å². The van der Waals surface area contributed by atoms with Gasteiger partial charge >= 0.3 is 0 Å². The van der Waals surface area contributed by atoms with Crippen molar-refractivity contribution < 1.29 is 9.53 Å². The highest BCUT2D eigenvalue weighted by molar-refractivity contribution is 7.13. The van der Waals surface area contributed by atoms with Gasteiger partial charge in [-0.1, -0.05) is 18.2 Å². The fourth-order valence-electron chi connectivity index (χ4n) is 2.79. The van der Waals surface area contributed by atoms with E-state index in [1.165, 1.54) is 22.1 Å². The lowest BCUT2D eigenvalue weighted by Gasteiger charge is -2.25. The summed E-state index contributed by atoms with van der Waals surface area (Å²) in [6.45, 7) is 3.86. The lowest BCUT2D eigenvalue weighted by Crippen LogP contribution is -2.50. The van der Waals surface area contributed by atoms with E-state index in [2.05, 4.69) is 10.4 Å². The number of benzene rings is 1. The summed E-state index contributed by atoms with van der Waals surface area (Å²) in [5, 5.41) is 9.29. The summed E-state index contributed by atoms with van der Waals surface area (Å²) in [5.41, 5.74) is 0.350. The van der Waals surface area contributed by atoms with Crippen molar-refractivity contribution in [1.82, 2.24) is 15.1 Å². The van der Waals surface area contributed by atoms with Crippen LogP contribution in [0.1, 0.15) is 19.4 Å². The summed E-state index contributed by atoms with van der Waals surface area (Å²) in [5.74, 6) is 0.545. The summed E-state index contributed by atoms with van der Waals surface area (Å²) < 4.78 is 6.40. The zero-order valence-electron chi connectivity index (χ0n) is 16.1. The van der Waals surface area contributed by atoms with Crippen molar-refractivity contribution in [3.63, 3.8) is 0 Å². The molecule has 1 N–H and O–H groups in total. The van der Waals surface area contributed by atoms with E-state index in [-0.39, 0.29) is 11.5 Å². The highest BCUT2D eigenvalue weighted by Gasteiger charge is 2.32. The minimum atomic E-state index is -1.11. The Labute approximate surface area is 167 Å². The average Bonchev–Trinajstić information content (AvgIpc) is 3.23. The van der Waals surface area contributed by atoms with E-state index in [4.69, 9.17) is 4.74 Å². The molecule has 0 unspecified atom stereocenters. The van der Waals surface area contributed by atoms with Crippen LogP contribution in [-0.2, 0) is 16.8 Å². The van der Waals surface area contributed by atoms with Gasteiger partial charge in [0.25, 0.3) is 5.56 Å². The molecular formula is C21H23N3O3S. The van der Waals surface area contributed by atoms with Gasteiger partial charge in [0.1, 0.15) is 17.0 Å². The van der Waals surface area contributed by atoms with E-state index in [1.807, 2.05) is 41.8 Å². The molecule has 0 atom stereocenters. The number of nitrogens with one attached hydrogen (secondary N) is 1. The van der Waals surface area contributed by atoms with Gasteiger partial charge in [-0.2, -0.15) is 5.10 Å². The fourth-order valence-corrected chi connectivity index (χ4v) is 3.48. The van der Waals surface area contributed by atoms with Crippen LogP contribution in [0.2, 0.25) is 0 Å². The van der Waals surface area contributed by atoms with Crippen LogP contribution in [0.4, 0.5) is 0 Å². The maximum atomic E-state index is 12.8. The summed E-state index contributed by atoms with van der Waals surface area (Å²) in [4.78, 5) is 26.1. The lowest BCUT2D eigenvalue weighted by atomic mass is 10.0. The largest absolute Gasteiger partial charge is 0.497 e. The van der Waals surface area contributed by atoms with Crippen LogP contribution in [0.5, 0.6) is 5.75 Å². The molecule has 3 aromatic rings. The third-order valence-corrected chi connectivity index (χ3v) is 5.41.